The average Bonchev–Trinajstić information content (AvgIpc) is 2.59. The van der Waals surface area contributed by atoms with Gasteiger partial charge in [0.05, 0.1) is 5.69 Å². The maximum absolute atomic E-state index is 13.0. The zero-order valence-corrected chi connectivity index (χ0v) is 13.0. The van der Waals surface area contributed by atoms with Crippen LogP contribution < -0.4 is 4.90 Å². The molecule has 1 N–H and O–H groups in total. The summed E-state index contributed by atoms with van der Waals surface area (Å²) in [6, 6.07) is 16.0. The van der Waals surface area contributed by atoms with Gasteiger partial charge in [-0.05, 0) is 37.1 Å². The van der Waals surface area contributed by atoms with Crippen molar-refractivity contribution in [3.63, 3.8) is 0 Å². The number of benzene rings is 2. The molecule has 23 heavy (non-hydrogen) atoms. The first-order chi connectivity index (χ1) is 11.1. The topological polar surface area (TPSA) is 57.6 Å². The number of para-hydroxylation sites is 2. The third kappa shape index (κ3) is 2.45. The highest BCUT2D eigenvalue weighted by molar-refractivity contribution is 6.29. The molecule has 0 spiro atoms. The van der Waals surface area contributed by atoms with Crippen molar-refractivity contribution in [2.75, 3.05) is 4.90 Å². The lowest BCUT2D eigenvalue weighted by molar-refractivity contribution is -0.132. The Hall–Kier alpha value is -2.46. The van der Waals surface area contributed by atoms with E-state index < -0.39 is 17.3 Å². The molecule has 2 aromatic rings. The van der Waals surface area contributed by atoms with Gasteiger partial charge in [0, 0.05) is 11.3 Å². The molecule has 0 radical (unpaired) electrons. The minimum Gasteiger partial charge on any atom is -0.373 e. The highest BCUT2D eigenvalue weighted by Crippen LogP contribution is 2.39. The van der Waals surface area contributed by atoms with Gasteiger partial charge in [0.25, 0.3) is 5.91 Å². The molecule has 4 heteroatoms. The predicted molar refractivity (Wildman–Crippen MR) is 88.8 cm³/mol. The van der Waals surface area contributed by atoms with Crippen LogP contribution in [0.5, 0.6) is 0 Å². The number of anilines is 2. The van der Waals surface area contributed by atoms with Crippen LogP contribution in [0.2, 0.25) is 0 Å². The van der Waals surface area contributed by atoms with Crippen LogP contribution in [-0.4, -0.2) is 22.4 Å². The van der Waals surface area contributed by atoms with E-state index in [0.29, 0.717) is 23.4 Å². The number of hydrogen-bond acceptors (Lipinski definition) is 3. The van der Waals surface area contributed by atoms with Crippen LogP contribution in [-0.2, 0) is 4.79 Å². The van der Waals surface area contributed by atoms with Crippen molar-refractivity contribution in [2.24, 2.45) is 0 Å². The number of ketones is 1. The number of hydrogen-bond donors (Lipinski definition) is 1. The van der Waals surface area contributed by atoms with Crippen LogP contribution in [0.3, 0.4) is 0 Å². The van der Waals surface area contributed by atoms with Crippen LogP contribution in [0.4, 0.5) is 11.4 Å². The summed E-state index contributed by atoms with van der Waals surface area (Å²) in [4.78, 5) is 27.2. The second-order valence-electron chi connectivity index (χ2n) is 5.79. The summed E-state index contributed by atoms with van der Waals surface area (Å²) in [5.74, 6) is -1.07. The average molecular weight is 309 g/mol. The summed E-state index contributed by atoms with van der Waals surface area (Å²) in [6.07, 6.45) is 1.55. The van der Waals surface area contributed by atoms with Gasteiger partial charge in [-0.25, -0.2) is 0 Å². The Kier molecular flexibility index (Phi) is 4.01. The Morgan fingerprint density at radius 2 is 1.65 bits per heavy atom. The van der Waals surface area contributed by atoms with Crippen molar-refractivity contribution in [3.8, 4) is 0 Å². The molecule has 4 nitrogen and oxygen atoms in total. The molecule has 1 aliphatic heterocycles. The van der Waals surface area contributed by atoms with Gasteiger partial charge in [0.1, 0.15) is 0 Å². The molecule has 1 aliphatic rings. The molecule has 2 aromatic carbocycles. The molecule has 0 aromatic heterocycles. The first kappa shape index (κ1) is 15.4. The van der Waals surface area contributed by atoms with Gasteiger partial charge in [-0.3, -0.25) is 14.5 Å². The van der Waals surface area contributed by atoms with Gasteiger partial charge >= 0.3 is 0 Å². The Morgan fingerprint density at radius 1 is 1.00 bits per heavy atom. The SMILES string of the molecule is CCCC[C@@]1(O)C(=O)c2ccccc2N(c2ccccc2)C1=O. The number of carbonyl (C=O) groups is 2. The van der Waals surface area contributed by atoms with E-state index in [-0.39, 0.29) is 6.42 Å². The predicted octanol–water partition coefficient (Wildman–Crippen LogP) is 3.47. The number of unbranched alkanes of at least 4 members (excludes halogenated alkanes) is 1. The van der Waals surface area contributed by atoms with Crippen LogP contribution in [0.25, 0.3) is 0 Å². The van der Waals surface area contributed by atoms with E-state index >= 15 is 0 Å². The number of fused-ring (bicyclic) bond motifs is 1. The van der Waals surface area contributed by atoms with Crippen LogP contribution in [0, 0.1) is 0 Å². The highest BCUT2D eigenvalue weighted by atomic mass is 16.3. The van der Waals surface area contributed by atoms with Crippen molar-refractivity contribution in [1.82, 2.24) is 0 Å². The van der Waals surface area contributed by atoms with Crippen molar-refractivity contribution in [1.29, 1.82) is 0 Å². The van der Waals surface area contributed by atoms with Gasteiger partial charge in [-0.15, -0.1) is 0 Å². The summed E-state index contributed by atoms with van der Waals surface area (Å²) in [5, 5.41) is 10.9. The highest BCUT2D eigenvalue weighted by Gasteiger charge is 2.51. The van der Waals surface area contributed by atoms with Gasteiger partial charge in [-0.1, -0.05) is 43.7 Å². The second kappa shape index (κ2) is 5.97. The Bertz CT molecular complexity index is 741. The van der Waals surface area contributed by atoms with Crippen LogP contribution in [0.1, 0.15) is 36.5 Å². The molecule has 0 aliphatic carbocycles. The summed E-state index contributed by atoms with van der Waals surface area (Å²) in [5.41, 5.74) is -0.433. The fourth-order valence-corrected chi connectivity index (χ4v) is 2.96. The smallest absolute Gasteiger partial charge is 0.271 e. The Labute approximate surface area is 135 Å². The largest absolute Gasteiger partial charge is 0.373 e. The molecule has 0 unspecified atom stereocenters. The maximum atomic E-state index is 13.0. The number of nitrogens with zero attached hydrogens (tertiary/aromatic N) is 1. The number of aliphatic hydroxyl groups is 1. The molecule has 0 fully saturated rings. The van der Waals surface area contributed by atoms with Gasteiger partial charge in [0.2, 0.25) is 11.4 Å². The molecule has 1 atom stereocenters. The zero-order chi connectivity index (χ0) is 16.4. The van der Waals surface area contributed by atoms with E-state index in [1.165, 1.54) is 4.90 Å². The summed E-state index contributed by atoms with van der Waals surface area (Å²) in [7, 11) is 0. The third-order valence-electron chi connectivity index (χ3n) is 4.23. The number of amides is 1. The van der Waals surface area contributed by atoms with E-state index in [1.54, 1.807) is 36.4 Å². The normalized spacial score (nSPS) is 20.5. The first-order valence-electron chi connectivity index (χ1n) is 7.85. The molecule has 118 valence electrons. The molecule has 0 saturated heterocycles. The minimum atomic E-state index is -1.99. The molecule has 1 amide bonds. The molecular weight excluding hydrogens is 290 g/mol. The van der Waals surface area contributed by atoms with E-state index in [0.717, 1.165) is 6.42 Å². The molecule has 1 heterocycles. The summed E-state index contributed by atoms with van der Waals surface area (Å²) in [6.45, 7) is 1.96. The lowest BCUT2D eigenvalue weighted by Gasteiger charge is -2.38. The van der Waals surface area contributed by atoms with E-state index in [1.807, 2.05) is 25.1 Å². The van der Waals surface area contributed by atoms with Gasteiger partial charge in [-0.2, -0.15) is 0 Å². The van der Waals surface area contributed by atoms with Crippen molar-refractivity contribution in [2.45, 2.75) is 31.8 Å². The van der Waals surface area contributed by atoms with Gasteiger partial charge in [0.15, 0.2) is 0 Å². The van der Waals surface area contributed by atoms with Crippen molar-refractivity contribution >= 4 is 23.1 Å². The Balaban J connectivity index is 2.17. The fourth-order valence-electron chi connectivity index (χ4n) is 2.96. The molecule has 0 saturated carbocycles. The molecule has 0 bridgehead atoms. The maximum Gasteiger partial charge on any atom is 0.271 e. The fraction of sp³-hybridized carbons (Fsp3) is 0.263. The van der Waals surface area contributed by atoms with Gasteiger partial charge < -0.3 is 5.11 Å². The lowest BCUT2D eigenvalue weighted by atomic mass is 9.82. The molecule has 3 rings (SSSR count). The minimum absolute atomic E-state index is 0.138. The standard InChI is InChI=1S/C19H19NO3/c1-2-3-13-19(23)17(21)15-11-7-8-12-16(15)20(18(19)22)14-9-5-4-6-10-14/h4-12,23H,2-3,13H2,1H3/t19-/m1/s1. The van der Waals surface area contributed by atoms with Crippen molar-refractivity contribution < 1.29 is 14.7 Å². The third-order valence-corrected chi connectivity index (χ3v) is 4.23. The zero-order valence-electron chi connectivity index (χ0n) is 13.0. The summed E-state index contributed by atoms with van der Waals surface area (Å²) < 4.78 is 0. The molecular formula is C19H19NO3. The number of rotatable bonds is 4. The number of carbonyl (C=O) groups excluding carboxylic acids is 2. The lowest BCUT2D eigenvalue weighted by Crippen LogP contribution is -2.56. The number of Topliss-reactive ketones (excluding diaryl/α,β-unsaturated/α-hetero) is 1. The monoisotopic (exact) mass is 309 g/mol. The van der Waals surface area contributed by atoms with Crippen molar-refractivity contribution in [3.05, 3.63) is 60.2 Å². The van der Waals surface area contributed by atoms with E-state index in [4.69, 9.17) is 0 Å². The van der Waals surface area contributed by atoms with Crippen LogP contribution >= 0.6 is 0 Å². The first-order valence-corrected chi connectivity index (χ1v) is 7.85. The van der Waals surface area contributed by atoms with E-state index in [2.05, 4.69) is 0 Å². The van der Waals surface area contributed by atoms with Crippen LogP contribution in [0.15, 0.2) is 54.6 Å². The quantitative estimate of drug-likeness (QED) is 0.880. The van der Waals surface area contributed by atoms with E-state index in [9.17, 15) is 14.7 Å². The second-order valence-corrected chi connectivity index (χ2v) is 5.79. The summed E-state index contributed by atoms with van der Waals surface area (Å²) >= 11 is 0. The Morgan fingerprint density at radius 3 is 2.35 bits per heavy atom.